The molecule has 0 amide bonds. The van der Waals surface area contributed by atoms with Crippen LogP contribution in [-0.2, 0) is 0 Å². The van der Waals surface area contributed by atoms with Crippen molar-refractivity contribution in [3.8, 4) is 0 Å². The van der Waals surface area contributed by atoms with Gasteiger partial charge in [0.05, 0.1) is 11.4 Å². The third-order valence-electron chi connectivity index (χ3n) is 3.69. The van der Waals surface area contributed by atoms with E-state index in [0.717, 1.165) is 48.1 Å². The summed E-state index contributed by atoms with van der Waals surface area (Å²) in [4.78, 5) is 4.85. The maximum atomic E-state index is 6.08. The van der Waals surface area contributed by atoms with Crippen molar-refractivity contribution in [1.29, 1.82) is 0 Å². The summed E-state index contributed by atoms with van der Waals surface area (Å²) < 4.78 is 0. The molecule has 2 N–H and O–H groups in total. The standard InChI is InChI=1S/C14H22ClN3/c1-10(2)17-4-6-18(7-5-17)14-8-11(3)12(15)9-13(14)16/h8-10H,4-7,16H2,1-3H3. The first-order chi connectivity index (χ1) is 8.49. The van der Waals surface area contributed by atoms with Crippen LogP contribution in [0.5, 0.6) is 0 Å². The molecule has 0 bridgehead atoms. The van der Waals surface area contributed by atoms with E-state index in [9.17, 15) is 0 Å². The average molecular weight is 268 g/mol. The number of piperazine rings is 1. The lowest BCUT2D eigenvalue weighted by molar-refractivity contribution is 0.209. The van der Waals surface area contributed by atoms with Crippen LogP contribution in [-0.4, -0.2) is 37.1 Å². The number of hydrogen-bond acceptors (Lipinski definition) is 3. The topological polar surface area (TPSA) is 32.5 Å². The monoisotopic (exact) mass is 267 g/mol. The van der Waals surface area contributed by atoms with E-state index >= 15 is 0 Å². The Morgan fingerprint density at radius 3 is 2.33 bits per heavy atom. The second-order valence-electron chi connectivity index (χ2n) is 5.28. The smallest absolute Gasteiger partial charge is 0.0604 e. The minimum absolute atomic E-state index is 0.622. The molecule has 1 heterocycles. The Labute approximate surface area is 115 Å². The third kappa shape index (κ3) is 2.73. The van der Waals surface area contributed by atoms with Gasteiger partial charge in [0.1, 0.15) is 0 Å². The molecule has 0 saturated carbocycles. The molecule has 0 unspecified atom stereocenters. The molecule has 1 aromatic rings. The lowest BCUT2D eigenvalue weighted by Gasteiger charge is -2.38. The number of benzene rings is 1. The maximum absolute atomic E-state index is 6.08. The zero-order valence-corrected chi connectivity index (χ0v) is 12.2. The summed E-state index contributed by atoms with van der Waals surface area (Å²) in [6.07, 6.45) is 0. The number of nitrogen functional groups attached to an aromatic ring is 1. The van der Waals surface area contributed by atoms with Gasteiger partial charge in [0.15, 0.2) is 0 Å². The summed E-state index contributed by atoms with van der Waals surface area (Å²) in [5, 5.41) is 0.747. The number of hydrogen-bond donors (Lipinski definition) is 1. The molecular weight excluding hydrogens is 246 g/mol. The van der Waals surface area contributed by atoms with E-state index in [1.165, 1.54) is 0 Å². The lowest BCUT2D eigenvalue weighted by Crippen LogP contribution is -2.49. The number of nitrogens with two attached hydrogens (primary N) is 1. The fraction of sp³-hybridized carbons (Fsp3) is 0.571. The van der Waals surface area contributed by atoms with Crippen molar-refractivity contribution in [2.75, 3.05) is 36.8 Å². The minimum atomic E-state index is 0.622. The molecule has 1 aliphatic rings. The van der Waals surface area contributed by atoms with Crippen LogP contribution < -0.4 is 10.6 Å². The van der Waals surface area contributed by atoms with Crippen LogP contribution in [0, 0.1) is 6.92 Å². The van der Waals surface area contributed by atoms with Gasteiger partial charge in [-0.05, 0) is 38.5 Å². The van der Waals surface area contributed by atoms with Crippen molar-refractivity contribution in [2.45, 2.75) is 26.8 Å². The molecule has 2 rings (SSSR count). The first-order valence-electron chi connectivity index (χ1n) is 6.53. The summed E-state index contributed by atoms with van der Waals surface area (Å²) >= 11 is 6.08. The van der Waals surface area contributed by atoms with Gasteiger partial charge in [-0.1, -0.05) is 11.6 Å². The molecule has 0 radical (unpaired) electrons. The maximum Gasteiger partial charge on any atom is 0.0604 e. The first kappa shape index (κ1) is 13.5. The number of aryl methyl sites for hydroxylation is 1. The second kappa shape index (κ2) is 5.37. The second-order valence-corrected chi connectivity index (χ2v) is 5.68. The summed E-state index contributed by atoms with van der Waals surface area (Å²) in [6.45, 7) is 10.8. The Morgan fingerprint density at radius 2 is 1.78 bits per heavy atom. The Bertz CT molecular complexity index is 423. The third-order valence-corrected chi connectivity index (χ3v) is 4.10. The highest BCUT2D eigenvalue weighted by Gasteiger charge is 2.20. The molecule has 0 aromatic heterocycles. The molecule has 1 fully saturated rings. The Hall–Kier alpha value is -0.930. The molecule has 0 atom stereocenters. The van der Waals surface area contributed by atoms with Crippen LogP contribution in [0.1, 0.15) is 19.4 Å². The largest absolute Gasteiger partial charge is 0.397 e. The Morgan fingerprint density at radius 1 is 1.17 bits per heavy atom. The van der Waals surface area contributed by atoms with Gasteiger partial charge in [-0.3, -0.25) is 4.90 Å². The summed E-state index contributed by atoms with van der Waals surface area (Å²) in [7, 11) is 0. The molecular formula is C14H22ClN3. The molecule has 100 valence electrons. The van der Waals surface area contributed by atoms with Gasteiger partial charge in [-0.2, -0.15) is 0 Å². The molecule has 0 aliphatic carbocycles. The zero-order valence-electron chi connectivity index (χ0n) is 11.4. The van der Waals surface area contributed by atoms with Crippen LogP contribution in [0.2, 0.25) is 5.02 Å². The van der Waals surface area contributed by atoms with E-state index in [1.807, 2.05) is 13.0 Å². The normalized spacial score (nSPS) is 17.5. The number of anilines is 2. The number of halogens is 1. The molecule has 4 heteroatoms. The van der Waals surface area contributed by atoms with Gasteiger partial charge in [-0.25, -0.2) is 0 Å². The lowest BCUT2D eigenvalue weighted by atomic mass is 10.1. The highest BCUT2D eigenvalue weighted by Crippen LogP contribution is 2.30. The van der Waals surface area contributed by atoms with E-state index in [4.69, 9.17) is 17.3 Å². The summed E-state index contributed by atoms with van der Waals surface area (Å²) in [6, 6.07) is 4.58. The van der Waals surface area contributed by atoms with Gasteiger partial charge in [0.25, 0.3) is 0 Å². The predicted molar refractivity (Wildman–Crippen MR) is 79.5 cm³/mol. The van der Waals surface area contributed by atoms with Gasteiger partial charge < -0.3 is 10.6 Å². The van der Waals surface area contributed by atoms with Gasteiger partial charge in [0, 0.05) is 37.2 Å². The fourth-order valence-electron chi connectivity index (χ4n) is 2.43. The Balaban J connectivity index is 2.12. The van der Waals surface area contributed by atoms with Crippen LogP contribution >= 0.6 is 11.6 Å². The van der Waals surface area contributed by atoms with Crippen molar-refractivity contribution >= 4 is 23.0 Å². The van der Waals surface area contributed by atoms with Crippen molar-refractivity contribution in [3.63, 3.8) is 0 Å². The van der Waals surface area contributed by atoms with Gasteiger partial charge >= 0.3 is 0 Å². The quantitative estimate of drug-likeness (QED) is 0.837. The SMILES string of the molecule is Cc1cc(N2CCN(C(C)C)CC2)c(N)cc1Cl. The molecule has 1 aromatic carbocycles. The summed E-state index contributed by atoms with van der Waals surface area (Å²) in [5.41, 5.74) is 9.07. The van der Waals surface area contributed by atoms with Gasteiger partial charge in [-0.15, -0.1) is 0 Å². The molecule has 1 aliphatic heterocycles. The van der Waals surface area contributed by atoms with Crippen molar-refractivity contribution in [1.82, 2.24) is 4.90 Å². The average Bonchev–Trinajstić information content (AvgIpc) is 2.34. The van der Waals surface area contributed by atoms with Crippen LogP contribution in [0.4, 0.5) is 11.4 Å². The highest BCUT2D eigenvalue weighted by molar-refractivity contribution is 6.31. The van der Waals surface area contributed by atoms with E-state index in [2.05, 4.69) is 29.7 Å². The molecule has 18 heavy (non-hydrogen) atoms. The number of nitrogens with zero attached hydrogens (tertiary/aromatic N) is 2. The fourth-order valence-corrected chi connectivity index (χ4v) is 2.61. The number of rotatable bonds is 2. The summed E-state index contributed by atoms with van der Waals surface area (Å²) in [5.74, 6) is 0. The Kier molecular flexibility index (Phi) is 4.03. The zero-order chi connectivity index (χ0) is 13.3. The van der Waals surface area contributed by atoms with E-state index in [0.29, 0.717) is 6.04 Å². The molecule has 3 nitrogen and oxygen atoms in total. The van der Waals surface area contributed by atoms with E-state index in [-0.39, 0.29) is 0 Å². The van der Waals surface area contributed by atoms with E-state index < -0.39 is 0 Å². The first-order valence-corrected chi connectivity index (χ1v) is 6.91. The van der Waals surface area contributed by atoms with Crippen molar-refractivity contribution in [3.05, 3.63) is 22.7 Å². The van der Waals surface area contributed by atoms with Crippen LogP contribution in [0.3, 0.4) is 0 Å². The minimum Gasteiger partial charge on any atom is -0.397 e. The predicted octanol–water partition coefficient (Wildman–Crippen LogP) is 2.76. The van der Waals surface area contributed by atoms with Crippen molar-refractivity contribution in [2.24, 2.45) is 0 Å². The van der Waals surface area contributed by atoms with E-state index in [1.54, 1.807) is 0 Å². The van der Waals surface area contributed by atoms with Gasteiger partial charge in [0.2, 0.25) is 0 Å². The van der Waals surface area contributed by atoms with Crippen molar-refractivity contribution < 1.29 is 0 Å². The van der Waals surface area contributed by atoms with Crippen LogP contribution in [0.15, 0.2) is 12.1 Å². The molecule has 0 spiro atoms. The highest BCUT2D eigenvalue weighted by atomic mass is 35.5. The van der Waals surface area contributed by atoms with Crippen LogP contribution in [0.25, 0.3) is 0 Å². The molecule has 1 saturated heterocycles.